The molecule has 3 unspecified atom stereocenters. The molecule has 0 amide bonds. The number of nitrogens with zero attached hydrogens (tertiary/aromatic N) is 1. The van der Waals surface area contributed by atoms with Gasteiger partial charge >= 0.3 is 0 Å². The molecule has 0 spiro atoms. The Bertz CT molecular complexity index is 170. The van der Waals surface area contributed by atoms with Crippen LogP contribution in [-0.4, -0.2) is 36.1 Å². The van der Waals surface area contributed by atoms with Gasteiger partial charge in [-0.25, -0.2) is 0 Å². The van der Waals surface area contributed by atoms with Crippen molar-refractivity contribution in [3.63, 3.8) is 0 Å². The second kappa shape index (κ2) is 9.90. The third-order valence-corrected chi connectivity index (χ3v) is 3.74. The first-order valence-corrected chi connectivity index (χ1v) is 7.55. The third kappa shape index (κ3) is 7.05. The van der Waals surface area contributed by atoms with E-state index in [0.29, 0.717) is 18.1 Å². The van der Waals surface area contributed by atoms with E-state index in [1.165, 1.54) is 32.2 Å². The Morgan fingerprint density at radius 3 is 2.12 bits per heavy atom. The molecule has 0 aliphatic rings. The van der Waals surface area contributed by atoms with Crippen molar-refractivity contribution in [2.45, 2.75) is 85.4 Å². The maximum Gasteiger partial charge on any atom is 0.00844 e. The zero-order valence-electron chi connectivity index (χ0n) is 12.9. The smallest absolute Gasteiger partial charge is 0.00844 e. The van der Waals surface area contributed by atoms with Crippen LogP contribution in [0.25, 0.3) is 0 Å². The molecular formula is C15H34N2. The van der Waals surface area contributed by atoms with Gasteiger partial charge in [0.25, 0.3) is 0 Å². The van der Waals surface area contributed by atoms with Crippen LogP contribution in [0.2, 0.25) is 0 Å². The van der Waals surface area contributed by atoms with E-state index >= 15 is 0 Å². The van der Waals surface area contributed by atoms with Crippen molar-refractivity contribution in [2.24, 2.45) is 0 Å². The van der Waals surface area contributed by atoms with E-state index in [0.717, 1.165) is 6.54 Å². The summed E-state index contributed by atoms with van der Waals surface area (Å²) in [6.45, 7) is 16.1. The van der Waals surface area contributed by atoms with Crippen LogP contribution in [-0.2, 0) is 0 Å². The first-order valence-electron chi connectivity index (χ1n) is 7.55. The summed E-state index contributed by atoms with van der Waals surface area (Å²) in [5, 5.41) is 3.52. The highest BCUT2D eigenvalue weighted by atomic mass is 15.2. The van der Waals surface area contributed by atoms with Crippen molar-refractivity contribution in [3.05, 3.63) is 0 Å². The molecule has 17 heavy (non-hydrogen) atoms. The minimum atomic E-state index is 0.628. The summed E-state index contributed by atoms with van der Waals surface area (Å²) < 4.78 is 0. The highest BCUT2D eigenvalue weighted by Crippen LogP contribution is 2.14. The van der Waals surface area contributed by atoms with Crippen molar-refractivity contribution < 1.29 is 0 Å². The largest absolute Gasteiger partial charge is 0.314 e. The fraction of sp³-hybridized carbons (Fsp3) is 1.00. The Labute approximate surface area is 109 Å². The summed E-state index contributed by atoms with van der Waals surface area (Å²) in [5.41, 5.74) is 0. The first-order chi connectivity index (χ1) is 8.06. The topological polar surface area (TPSA) is 15.3 Å². The highest BCUT2D eigenvalue weighted by molar-refractivity contribution is 4.76. The van der Waals surface area contributed by atoms with Gasteiger partial charge in [-0.15, -0.1) is 0 Å². The third-order valence-electron chi connectivity index (χ3n) is 3.74. The second-order valence-corrected chi connectivity index (χ2v) is 5.39. The summed E-state index contributed by atoms with van der Waals surface area (Å²) >= 11 is 0. The van der Waals surface area contributed by atoms with Gasteiger partial charge in [0, 0.05) is 18.1 Å². The van der Waals surface area contributed by atoms with Crippen molar-refractivity contribution in [1.82, 2.24) is 10.2 Å². The molecule has 0 saturated carbocycles. The van der Waals surface area contributed by atoms with Gasteiger partial charge in [-0.05, 0) is 53.1 Å². The lowest BCUT2D eigenvalue weighted by Gasteiger charge is -2.35. The van der Waals surface area contributed by atoms with Crippen molar-refractivity contribution in [3.8, 4) is 0 Å². The molecule has 0 rings (SSSR count). The number of rotatable bonds is 10. The lowest BCUT2D eigenvalue weighted by Crippen LogP contribution is -2.43. The molecule has 0 bridgehead atoms. The van der Waals surface area contributed by atoms with Gasteiger partial charge in [0.2, 0.25) is 0 Å². The molecule has 104 valence electrons. The highest BCUT2D eigenvalue weighted by Gasteiger charge is 2.19. The van der Waals surface area contributed by atoms with Crippen LogP contribution in [0.4, 0.5) is 0 Å². The van der Waals surface area contributed by atoms with Crippen LogP contribution in [0.15, 0.2) is 0 Å². The number of unbranched alkanes of at least 4 members (excludes halogenated alkanes) is 1. The molecule has 0 aliphatic heterocycles. The molecule has 2 heteroatoms. The standard InChI is InChI=1S/C15H34N2/c1-7-10-11-17(14(5)8-2)15(6)12-13(4)16-9-3/h13-16H,7-12H2,1-6H3. The first kappa shape index (κ1) is 16.9. The molecule has 1 N–H and O–H groups in total. The number of hydrogen-bond donors (Lipinski definition) is 1. The van der Waals surface area contributed by atoms with Crippen LogP contribution < -0.4 is 5.32 Å². The minimum absolute atomic E-state index is 0.628. The van der Waals surface area contributed by atoms with Crippen molar-refractivity contribution in [1.29, 1.82) is 0 Å². The lowest BCUT2D eigenvalue weighted by atomic mass is 10.0. The van der Waals surface area contributed by atoms with Gasteiger partial charge < -0.3 is 5.32 Å². The van der Waals surface area contributed by atoms with Gasteiger partial charge in [-0.2, -0.15) is 0 Å². The molecule has 0 aromatic heterocycles. The Balaban J connectivity index is 4.24. The average molecular weight is 242 g/mol. The van der Waals surface area contributed by atoms with Crippen LogP contribution in [0.3, 0.4) is 0 Å². The van der Waals surface area contributed by atoms with E-state index in [1.54, 1.807) is 0 Å². The predicted molar refractivity (Wildman–Crippen MR) is 78.6 cm³/mol. The van der Waals surface area contributed by atoms with Crippen LogP contribution in [0.5, 0.6) is 0 Å². The van der Waals surface area contributed by atoms with Crippen LogP contribution in [0.1, 0.15) is 67.2 Å². The fourth-order valence-electron chi connectivity index (χ4n) is 2.53. The molecule has 0 radical (unpaired) electrons. The normalized spacial score (nSPS) is 17.1. The maximum absolute atomic E-state index is 3.52. The molecule has 0 aromatic carbocycles. The van der Waals surface area contributed by atoms with E-state index in [1.807, 2.05) is 0 Å². The second-order valence-electron chi connectivity index (χ2n) is 5.39. The van der Waals surface area contributed by atoms with Crippen LogP contribution >= 0.6 is 0 Å². The maximum atomic E-state index is 3.52. The molecule has 2 nitrogen and oxygen atoms in total. The Kier molecular flexibility index (Phi) is 9.85. The minimum Gasteiger partial charge on any atom is -0.314 e. The Hall–Kier alpha value is -0.0800. The summed E-state index contributed by atoms with van der Waals surface area (Å²) in [7, 11) is 0. The summed E-state index contributed by atoms with van der Waals surface area (Å²) in [4.78, 5) is 2.69. The molecular weight excluding hydrogens is 208 g/mol. The van der Waals surface area contributed by atoms with Gasteiger partial charge in [-0.1, -0.05) is 27.2 Å². The SMILES string of the molecule is CCCCN(C(C)CC)C(C)CC(C)NCC. The van der Waals surface area contributed by atoms with Gasteiger partial charge in [0.05, 0.1) is 0 Å². The molecule has 3 atom stereocenters. The number of nitrogens with one attached hydrogen (secondary N) is 1. The average Bonchev–Trinajstić information content (AvgIpc) is 2.29. The van der Waals surface area contributed by atoms with Gasteiger partial charge in [-0.3, -0.25) is 4.90 Å². The molecule has 0 saturated heterocycles. The van der Waals surface area contributed by atoms with Crippen LogP contribution in [0, 0.1) is 0 Å². The van der Waals surface area contributed by atoms with E-state index in [9.17, 15) is 0 Å². The Morgan fingerprint density at radius 2 is 1.65 bits per heavy atom. The van der Waals surface area contributed by atoms with E-state index in [2.05, 4.69) is 51.8 Å². The summed E-state index contributed by atoms with van der Waals surface area (Å²) in [5.74, 6) is 0. The van der Waals surface area contributed by atoms with Gasteiger partial charge in [0.15, 0.2) is 0 Å². The monoisotopic (exact) mass is 242 g/mol. The van der Waals surface area contributed by atoms with Gasteiger partial charge in [0.1, 0.15) is 0 Å². The summed E-state index contributed by atoms with van der Waals surface area (Å²) in [6, 6.07) is 2.03. The van der Waals surface area contributed by atoms with E-state index in [4.69, 9.17) is 0 Å². The quantitative estimate of drug-likeness (QED) is 0.629. The zero-order valence-corrected chi connectivity index (χ0v) is 12.9. The molecule has 0 aliphatic carbocycles. The van der Waals surface area contributed by atoms with E-state index < -0.39 is 0 Å². The molecule has 0 aromatic rings. The number of hydrogen-bond acceptors (Lipinski definition) is 2. The molecule has 0 heterocycles. The lowest BCUT2D eigenvalue weighted by molar-refractivity contribution is 0.133. The molecule has 0 fully saturated rings. The van der Waals surface area contributed by atoms with Crippen molar-refractivity contribution in [2.75, 3.05) is 13.1 Å². The summed E-state index contributed by atoms with van der Waals surface area (Å²) in [6.07, 6.45) is 5.12. The Morgan fingerprint density at radius 1 is 1.00 bits per heavy atom. The zero-order chi connectivity index (χ0) is 13.3. The van der Waals surface area contributed by atoms with E-state index in [-0.39, 0.29) is 0 Å². The fourth-order valence-corrected chi connectivity index (χ4v) is 2.53. The predicted octanol–water partition coefficient (Wildman–Crippen LogP) is 3.66. The van der Waals surface area contributed by atoms with Crippen molar-refractivity contribution >= 4 is 0 Å².